The van der Waals surface area contributed by atoms with Crippen molar-refractivity contribution in [2.75, 3.05) is 5.88 Å². The second kappa shape index (κ2) is 5.85. The molecule has 0 saturated heterocycles. The lowest BCUT2D eigenvalue weighted by Gasteiger charge is -2.17. The minimum atomic E-state index is -0.257. The summed E-state index contributed by atoms with van der Waals surface area (Å²) >= 11 is 5.87. The van der Waals surface area contributed by atoms with Crippen LogP contribution in [0.15, 0.2) is 36.7 Å². The molecule has 0 amide bonds. The second-order valence-electron chi connectivity index (χ2n) is 5.05. The Bertz CT molecular complexity index is 736. The minimum Gasteiger partial charge on any atom is -0.323 e. The maximum absolute atomic E-state index is 13.6. The Balaban J connectivity index is 2.05. The van der Waals surface area contributed by atoms with Gasteiger partial charge in [-0.15, -0.1) is 11.6 Å². The van der Waals surface area contributed by atoms with Crippen LogP contribution >= 0.6 is 11.6 Å². The van der Waals surface area contributed by atoms with E-state index in [0.29, 0.717) is 18.8 Å². The first kappa shape index (κ1) is 14.1. The van der Waals surface area contributed by atoms with Crippen LogP contribution < -0.4 is 0 Å². The number of fused-ring (bicyclic) bond motifs is 1. The fourth-order valence-electron chi connectivity index (χ4n) is 2.63. The fraction of sp³-hybridized carbons (Fsp3) is 0.333. The van der Waals surface area contributed by atoms with Crippen molar-refractivity contribution < 1.29 is 4.39 Å². The maximum Gasteiger partial charge on any atom is 0.125 e. The zero-order valence-electron chi connectivity index (χ0n) is 11.7. The molecule has 0 spiro atoms. The van der Waals surface area contributed by atoms with E-state index in [1.54, 1.807) is 12.3 Å². The zero-order valence-corrected chi connectivity index (χ0v) is 12.5. The Morgan fingerprint density at radius 2 is 2.24 bits per heavy atom. The molecule has 0 bridgehead atoms. The standard InChI is InChI=1S/C15H16ClFN4/c1-11(10-20-8-2-7-18-20)21-14-9-12(17)3-4-13(14)19-15(21)5-6-16/h2-4,7-9,11H,5-6,10H2,1H3. The Morgan fingerprint density at radius 3 is 2.95 bits per heavy atom. The molecule has 3 aromatic rings. The largest absolute Gasteiger partial charge is 0.323 e. The Hall–Kier alpha value is -1.88. The van der Waals surface area contributed by atoms with E-state index in [1.807, 2.05) is 16.9 Å². The van der Waals surface area contributed by atoms with Gasteiger partial charge in [0, 0.05) is 24.7 Å². The van der Waals surface area contributed by atoms with Crippen LogP contribution in [0.25, 0.3) is 11.0 Å². The number of imidazole rings is 1. The van der Waals surface area contributed by atoms with Gasteiger partial charge in [-0.3, -0.25) is 4.68 Å². The van der Waals surface area contributed by atoms with Crippen molar-refractivity contribution >= 4 is 22.6 Å². The molecule has 0 radical (unpaired) electrons. The van der Waals surface area contributed by atoms with Gasteiger partial charge in [-0.05, 0) is 31.2 Å². The summed E-state index contributed by atoms with van der Waals surface area (Å²) in [5.74, 6) is 1.11. The van der Waals surface area contributed by atoms with Crippen molar-refractivity contribution in [3.05, 3.63) is 48.3 Å². The summed E-state index contributed by atoms with van der Waals surface area (Å²) in [5.41, 5.74) is 1.60. The molecular formula is C15H16ClFN4. The number of hydrogen-bond donors (Lipinski definition) is 0. The lowest BCUT2D eigenvalue weighted by Crippen LogP contribution is -2.16. The quantitative estimate of drug-likeness (QED) is 0.677. The lowest BCUT2D eigenvalue weighted by atomic mass is 10.2. The van der Waals surface area contributed by atoms with E-state index in [4.69, 9.17) is 11.6 Å². The smallest absolute Gasteiger partial charge is 0.125 e. The highest BCUT2D eigenvalue weighted by atomic mass is 35.5. The molecule has 2 heterocycles. The molecule has 4 nitrogen and oxygen atoms in total. The Labute approximate surface area is 127 Å². The molecule has 21 heavy (non-hydrogen) atoms. The van der Waals surface area contributed by atoms with Crippen LogP contribution in [0.4, 0.5) is 4.39 Å². The molecule has 0 fully saturated rings. The first-order valence-corrected chi connectivity index (χ1v) is 7.42. The van der Waals surface area contributed by atoms with Crippen LogP contribution in [0.2, 0.25) is 0 Å². The van der Waals surface area contributed by atoms with E-state index >= 15 is 0 Å². The molecule has 0 N–H and O–H groups in total. The van der Waals surface area contributed by atoms with E-state index in [9.17, 15) is 4.39 Å². The van der Waals surface area contributed by atoms with Crippen molar-refractivity contribution in [3.8, 4) is 0 Å². The molecule has 0 aliphatic rings. The zero-order chi connectivity index (χ0) is 14.8. The molecule has 2 aromatic heterocycles. The molecule has 1 aromatic carbocycles. The van der Waals surface area contributed by atoms with Crippen LogP contribution in [0.5, 0.6) is 0 Å². The normalized spacial score (nSPS) is 12.9. The topological polar surface area (TPSA) is 35.6 Å². The highest BCUT2D eigenvalue weighted by Crippen LogP contribution is 2.23. The molecule has 110 valence electrons. The van der Waals surface area contributed by atoms with Crippen LogP contribution in [0.3, 0.4) is 0 Å². The molecule has 3 rings (SSSR count). The summed E-state index contributed by atoms with van der Waals surface area (Å²) in [6, 6.07) is 6.66. The highest BCUT2D eigenvalue weighted by Gasteiger charge is 2.16. The highest BCUT2D eigenvalue weighted by molar-refractivity contribution is 6.17. The Morgan fingerprint density at radius 1 is 1.38 bits per heavy atom. The summed E-state index contributed by atoms with van der Waals surface area (Å²) < 4.78 is 17.5. The van der Waals surface area contributed by atoms with Gasteiger partial charge < -0.3 is 4.57 Å². The van der Waals surface area contributed by atoms with E-state index in [-0.39, 0.29) is 11.9 Å². The summed E-state index contributed by atoms with van der Waals surface area (Å²) in [5, 5.41) is 4.22. The van der Waals surface area contributed by atoms with Gasteiger partial charge in [0.15, 0.2) is 0 Å². The number of alkyl halides is 1. The van der Waals surface area contributed by atoms with Gasteiger partial charge >= 0.3 is 0 Å². The third kappa shape index (κ3) is 2.78. The van der Waals surface area contributed by atoms with Crippen LogP contribution in [-0.2, 0) is 13.0 Å². The first-order valence-electron chi connectivity index (χ1n) is 6.89. The number of rotatable bonds is 5. The molecule has 6 heteroatoms. The van der Waals surface area contributed by atoms with E-state index < -0.39 is 0 Å². The third-order valence-corrected chi connectivity index (χ3v) is 3.68. The van der Waals surface area contributed by atoms with Crippen molar-refractivity contribution in [3.63, 3.8) is 0 Å². The van der Waals surface area contributed by atoms with Crippen LogP contribution in [0.1, 0.15) is 18.8 Å². The monoisotopic (exact) mass is 306 g/mol. The Kier molecular flexibility index (Phi) is 3.92. The van der Waals surface area contributed by atoms with Crippen molar-refractivity contribution in [1.29, 1.82) is 0 Å². The average molecular weight is 307 g/mol. The van der Waals surface area contributed by atoms with Crippen molar-refractivity contribution in [1.82, 2.24) is 19.3 Å². The van der Waals surface area contributed by atoms with Crippen molar-refractivity contribution in [2.24, 2.45) is 0 Å². The SMILES string of the molecule is CC(Cn1cccn1)n1c(CCCl)nc2ccc(F)cc21. The van der Waals surface area contributed by atoms with Gasteiger partial charge in [-0.1, -0.05) is 0 Å². The fourth-order valence-corrected chi connectivity index (χ4v) is 2.80. The molecular weight excluding hydrogens is 291 g/mol. The molecule has 0 aliphatic carbocycles. The van der Waals surface area contributed by atoms with Gasteiger partial charge in [0.1, 0.15) is 11.6 Å². The summed E-state index contributed by atoms with van der Waals surface area (Å²) in [7, 11) is 0. The number of aryl methyl sites for hydroxylation is 1. The summed E-state index contributed by atoms with van der Waals surface area (Å²) in [6.07, 6.45) is 4.32. The van der Waals surface area contributed by atoms with Gasteiger partial charge in [0.05, 0.1) is 23.6 Å². The molecule has 1 atom stereocenters. The van der Waals surface area contributed by atoms with Crippen LogP contribution in [0, 0.1) is 5.82 Å². The minimum absolute atomic E-state index is 0.106. The maximum atomic E-state index is 13.6. The third-order valence-electron chi connectivity index (χ3n) is 3.49. The van der Waals surface area contributed by atoms with Gasteiger partial charge in [0.25, 0.3) is 0 Å². The number of nitrogens with zero attached hydrogens (tertiary/aromatic N) is 4. The van der Waals surface area contributed by atoms with Crippen LogP contribution in [-0.4, -0.2) is 25.2 Å². The van der Waals surface area contributed by atoms with Gasteiger partial charge in [-0.2, -0.15) is 5.10 Å². The summed E-state index contributed by atoms with van der Waals surface area (Å²) in [4.78, 5) is 4.58. The number of hydrogen-bond acceptors (Lipinski definition) is 2. The number of aromatic nitrogens is 4. The molecule has 1 unspecified atom stereocenters. The molecule has 0 saturated carbocycles. The van der Waals surface area contributed by atoms with E-state index in [1.165, 1.54) is 12.1 Å². The van der Waals surface area contributed by atoms with E-state index in [2.05, 4.69) is 21.6 Å². The first-order chi connectivity index (χ1) is 10.2. The lowest BCUT2D eigenvalue weighted by molar-refractivity contribution is 0.435. The average Bonchev–Trinajstić information content (AvgIpc) is 3.06. The summed E-state index contributed by atoms with van der Waals surface area (Å²) in [6.45, 7) is 2.77. The van der Waals surface area contributed by atoms with Crippen molar-refractivity contribution in [2.45, 2.75) is 25.9 Å². The second-order valence-corrected chi connectivity index (χ2v) is 5.43. The molecule has 0 aliphatic heterocycles. The predicted octanol–water partition coefficient (Wildman–Crippen LogP) is 3.41. The predicted molar refractivity (Wildman–Crippen MR) is 81.1 cm³/mol. The number of benzene rings is 1. The van der Waals surface area contributed by atoms with Gasteiger partial charge in [-0.25, -0.2) is 9.37 Å². The van der Waals surface area contributed by atoms with E-state index in [0.717, 1.165) is 16.9 Å². The van der Waals surface area contributed by atoms with Gasteiger partial charge in [0.2, 0.25) is 0 Å². The number of halogens is 2.